The number of fused-ring (bicyclic) bond motifs is 2. The molecular weight excluding hydrogens is 450 g/mol. The van der Waals surface area contributed by atoms with Gasteiger partial charge in [-0.05, 0) is 74.8 Å². The van der Waals surface area contributed by atoms with Crippen LogP contribution in [0.5, 0.6) is 0 Å². The molecule has 7 nitrogen and oxygen atoms in total. The quantitative estimate of drug-likeness (QED) is 0.364. The summed E-state index contributed by atoms with van der Waals surface area (Å²) >= 11 is 0. The first-order valence-corrected chi connectivity index (χ1v) is 11.4. The Labute approximate surface area is 203 Å². The van der Waals surface area contributed by atoms with Crippen molar-refractivity contribution in [2.24, 2.45) is 0 Å². The number of hydrogen-bond acceptors (Lipinski definition) is 5. The fraction of sp³-hybridized carbons (Fsp3) is 0.269. The Bertz CT molecular complexity index is 1530. The smallest absolute Gasteiger partial charge is 0.255 e. The Balaban J connectivity index is 0.00000241. The molecule has 0 saturated carbocycles. The summed E-state index contributed by atoms with van der Waals surface area (Å²) in [6.07, 6.45) is 6.24. The lowest BCUT2D eigenvalue weighted by atomic mass is 10.2. The number of benzene rings is 2. The van der Waals surface area contributed by atoms with Crippen LogP contribution < -0.4 is 5.56 Å². The minimum Gasteiger partial charge on any atom is -0.436 e. The molecule has 0 atom stereocenters. The summed E-state index contributed by atoms with van der Waals surface area (Å²) in [7, 11) is 0. The number of nitrogens with zero attached hydrogens (tertiary/aromatic N) is 5. The number of aryl methyl sites for hydroxylation is 1. The largest absolute Gasteiger partial charge is 0.436 e. The van der Waals surface area contributed by atoms with Crippen LogP contribution in [0.1, 0.15) is 18.4 Å². The Morgan fingerprint density at radius 3 is 2.68 bits per heavy atom. The molecule has 1 aliphatic rings. The molecular formula is C26H26ClN5O2. The molecule has 5 aromatic rings. The molecule has 2 aromatic carbocycles. The minimum atomic E-state index is -0.133. The molecule has 0 aliphatic carbocycles. The number of oxazole rings is 1. The van der Waals surface area contributed by atoms with Gasteiger partial charge in [-0.25, -0.2) is 4.98 Å². The zero-order valence-corrected chi connectivity index (χ0v) is 19.8. The van der Waals surface area contributed by atoms with Crippen molar-refractivity contribution in [1.29, 1.82) is 0 Å². The maximum Gasteiger partial charge on any atom is 0.255 e. The molecule has 8 heteroatoms. The Morgan fingerprint density at radius 2 is 1.85 bits per heavy atom. The first-order valence-electron chi connectivity index (χ1n) is 11.4. The molecule has 1 fully saturated rings. The van der Waals surface area contributed by atoms with Crippen LogP contribution in [0, 0.1) is 6.92 Å². The zero-order valence-electron chi connectivity index (χ0n) is 19.0. The van der Waals surface area contributed by atoms with Crippen LogP contribution in [-0.4, -0.2) is 43.9 Å². The lowest BCUT2D eigenvalue weighted by molar-refractivity contribution is 0.318. The van der Waals surface area contributed by atoms with E-state index in [1.54, 1.807) is 16.8 Å². The second-order valence-electron chi connectivity index (χ2n) is 8.77. The second-order valence-corrected chi connectivity index (χ2v) is 8.77. The first-order chi connectivity index (χ1) is 16.1. The van der Waals surface area contributed by atoms with E-state index in [4.69, 9.17) is 4.42 Å². The van der Waals surface area contributed by atoms with E-state index in [9.17, 15) is 4.79 Å². The van der Waals surface area contributed by atoms with E-state index < -0.39 is 0 Å². The predicted octanol–water partition coefficient (Wildman–Crippen LogP) is 4.82. The molecule has 1 saturated heterocycles. The predicted molar refractivity (Wildman–Crippen MR) is 136 cm³/mol. The van der Waals surface area contributed by atoms with Crippen LogP contribution in [0.3, 0.4) is 0 Å². The molecule has 34 heavy (non-hydrogen) atoms. The molecule has 0 N–H and O–H groups in total. The number of likely N-dealkylation sites (tertiary alicyclic amines) is 1. The van der Waals surface area contributed by atoms with Gasteiger partial charge < -0.3 is 9.32 Å². The maximum atomic E-state index is 12.9. The van der Waals surface area contributed by atoms with Crippen molar-refractivity contribution in [1.82, 2.24) is 24.2 Å². The van der Waals surface area contributed by atoms with Crippen LogP contribution in [0.25, 0.3) is 39.1 Å². The highest BCUT2D eigenvalue weighted by atomic mass is 35.5. The van der Waals surface area contributed by atoms with Crippen LogP contribution in [-0.2, 0) is 6.54 Å². The number of hydrogen-bond donors (Lipinski definition) is 0. The normalized spacial score (nSPS) is 14.1. The number of halogens is 1. The van der Waals surface area contributed by atoms with Crippen LogP contribution >= 0.6 is 12.4 Å². The average Bonchev–Trinajstić information content (AvgIpc) is 3.56. The Morgan fingerprint density at radius 1 is 1.00 bits per heavy atom. The number of aromatic nitrogens is 4. The summed E-state index contributed by atoms with van der Waals surface area (Å²) in [5.74, 6) is 0.453. The SMILES string of the molecule is Cc1ccc2oc(-c3ccn(-c4ccc5c(cnn5CCN5CCCC5)c4)c(=O)c3)nc2c1.Cl. The summed E-state index contributed by atoms with van der Waals surface area (Å²) in [5, 5.41) is 5.60. The van der Waals surface area contributed by atoms with E-state index in [0.717, 1.165) is 40.8 Å². The molecule has 4 heterocycles. The monoisotopic (exact) mass is 475 g/mol. The van der Waals surface area contributed by atoms with Gasteiger partial charge in [-0.2, -0.15) is 5.10 Å². The van der Waals surface area contributed by atoms with Crippen LogP contribution in [0.15, 0.2) is 70.1 Å². The van der Waals surface area contributed by atoms with Crippen LogP contribution in [0.2, 0.25) is 0 Å². The van der Waals surface area contributed by atoms with Crippen molar-refractivity contribution < 1.29 is 4.42 Å². The van der Waals surface area contributed by atoms with Gasteiger partial charge in [-0.15, -0.1) is 12.4 Å². The first kappa shape index (κ1) is 22.4. The lowest BCUT2D eigenvalue weighted by Crippen LogP contribution is -2.24. The van der Waals surface area contributed by atoms with E-state index >= 15 is 0 Å². The van der Waals surface area contributed by atoms with E-state index in [0.29, 0.717) is 17.0 Å². The molecule has 3 aromatic heterocycles. The second kappa shape index (κ2) is 9.08. The molecule has 0 bridgehead atoms. The van der Waals surface area contributed by atoms with Gasteiger partial charge in [0.2, 0.25) is 5.89 Å². The highest BCUT2D eigenvalue weighted by molar-refractivity contribution is 5.85. The Hall–Kier alpha value is -3.42. The standard InChI is InChI=1S/C26H25N5O2.ClH/c1-18-4-7-24-22(14-18)28-26(33-24)19-8-11-30(25(32)16-19)21-5-6-23-20(15-21)17-27-31(23)13-12-29-9-2-3-10-29;/h4-8,11,14-17H,2-3,9-10,12-13H2,1H3;1H. The topological polar surface area (TPSA) is 69.1 Å². The van der Waals surface area contributed by atoms with E-state index in [1.165, 1.54) is 25.9 Å². The summed E-state index contributed by atoms with van der Waals surface area (Å²) in [4.78, 5) is 20.0. The summed E-state index contributed by atoms with van der Waals surface area (Å²) < 4.78 is 9.55. The molecule has 0 spiro atoms. The third-order valence-corrected chi connectivity index (χ3v) is 6.44. The fourth-order valence-corrected chi connectivity index (χ4v) is 4.63. The van der Waals surface area contributed by atoms with Crippen molar-refractivity contribution in [3.8, 4) is 17.1 Å². The van der Waals surface area contributed by atoms with E-state index in [-0.39, 0.29) is 18.0 Å². The third kappa shape index (κ3) is 4.13. The van der Waals surface area contributed by atoms with Gasteiger partial charge in [0.25, 0.3) is 5.56 Å². The maximum absolute atomic E-state index is 12.9. The third-order valence-electron chi connectivity index (χ3n) is 6.44. The lowest BCUT2D eigenvalue weighted by Gasteiger charge is -2.14. The van der Waals surface area contributed by atoms with Crippen molar-refractivity contribution in [3.05, 3.63) is 76.8 Å². The number of rotatable bonds is 5. The van der Waals surface area contributed by atoms with E-state index in [2.05, 4.69) is 19.7 Å². The molecule has 0 radical (unpaired) electrons. The fourth-order valence-electron chi connectivity index (χ4n) is 4.63. The van der Waals surface area contributed by atoms with Gasteiger partial charge in [-0.3, -0.25) is 14.0 Å². The molecule has 1 aliphatic heterocycles. The minimum absolute atomic E-state index is 0. The summed E-state index contributed by atoms with van der Waals surface area (Å²) in [6.45, 7) is 6.29. The molecule has 0 unspecified atom stereocenters. The molecule has 0 amide bonds. The number of pyridine rings is 1. The van der Waals surface area contributed by atoms with Crippen molar-refractivity contribution >= 4 is 34.4 Å². The van der Waals surface area contributed by atoms with Gasteiger partial charge in [0.15, 0.2) is 5.58 Å². The average molecular weight is 476 g/mol. The van der Waals surface area contributed by atoms with E-state index in [1.807, 2.05) is 55.6 Å². The molecule has 6 rings (SSSR count). The van der Waals surface area contributed by atoms with Crippen molar-refractivity contribution in [2.75, 3.05) is 19.6 Å². The van der Waals surface area contributed by atoms with Gasteiger partial charge in [0.05, 0.1) is 18.3 Å². The summed E-state index contributed by atoms with van der Waals surface area (Å²) in [6, 6.07) is 15.3. The van der Waals surface area contributed by atoms with Gasteiger partial charge in [0.1, 0.15) is 5.52 Å². The molecule has 174 valence electrons. The van der Waals surface area contributed by atoms with Gasteiger partial charge in [-0.1, -0.05) is 6.07 Å². The van der Waals surface area contributed by atoms with Gasteiger partial charge in [0, 0.05) is 35.4 Å². The van der Waals surface area contributed by atoms with Crippen molar-refractivity contribution in [2.45, 2.75) is 26.3 Å². The van der Waals surface area contributed by atoms with Crippen molar-refractivity contribution in [3.63, 3.8) is 0 Å². The zero-order chi connectivity index (χ0) is 22.4. The highest BCUT2D eigenvalue weighted by Crippen LogP contribution is 2.25. The van der Waals surface area contributed by atoms with Crippen LogP contribution in [0.4, 0.5) is 0 Å². The highest BCUT2D eigenvalue weighted by Gasteiger charge is 2.13. The van der Waals surface area contributed by atoms with Gasteiger partial charge >= 0.3 is 0 Å². The Kier molecular flexibility index (Phi) is 5.98. The summed E-state index contributed by atoms with van der Waals surface area (Å²) in [5.41, 5.74) is 5.06.